The summed E-state index contributed by atoms with van der Waals surface area (Å²) < 4.78 is 25.6. The fraction of sp³-hybridized carbons (Fsp3) is 0.182. The van der Waals surface area contributed by atoms with Crippen LogP contribution in [0.3, 0.4) is 0 Å². The zero-order valence-corrected chi connectivity index (χ0v) is 17.8. The highest BCUT2D eigenvalue weighted by Gasteiger charge is 2.22. The summed E-state index contributed by atoms with van der Waals surface area (Å²) in [5.74, 6) is -0.572. The molecule has 30 heavy (non-hydrogen) atoms. The van der Waals surface area contributed by atoms with Gasteiger partial charge in [0.15, 0.2) is 0 Å². The van der Waals surface area contributed by atoms with Gasteiger partial charge in [0.1, 0.15) is 12.3 Å². The first kappa shape index (κ1) is 21.3. The molecule has 0 aliphatic carbocycles. The van der Waals surface area contributed by atoms with E-state index < -0.39 is 22.5 Å². The summed E-state index contributed by atoms with van der Waals surface area (Å²) in [6, 6.07) is 16.2. The number of aryl methyl sites for hydroxylation is 2. The molecular weight excluding hydrogens is 402 g/mol. The van der Waals surface area contributed by atoms with Crippen molar-refractivity contribution in [2.24, 2.45) is 5.10 Å². The summed E-state index contributed by atoms with van der Waals surface area (Å²) in [6.07, 6.45) is 2.40. The summed E-state index contributed by atoms with van der Waals surface area (Å²) in [6.45, 7) is 3.22. The monoisotopic (exact) mass is 425 g/mol. The molecule has 2 N–H and O–H groups in total. The van der Waals surface area contributed by atoms with Crippen LogP contribution in [0.25, 0.3) is 10.8 Å². The van der Waals surface area contributed by atoms with Crippen molar-refractivity contribution in [3.05, 3.63) is 71.3 Å². The van der Waals surface area contributed by atoms with Gasteiger partial charge in [-0.15, -0.1) is 0 Å². The van der Waals surface area contributed by atoms with Gasteiger partial charge in [0.2, 0.25) is 10.0 Å². The Morgan fingerprint density at radius 2 is 1.87 bits per heavy atom. The Balaban J connectivity index is 1.81. The average Bonchev–Trinajstić information content (AvgIpc) is 2.69. The van der Waals surface area contributed by atoms with Crippen molar-refractivity contribution in [1.29, 1.82) is 0 Å². The molecule has 0 saturated heterocycles. The molecule has 3 aromatic rings. The Morgan fingerprint density at radius 3 is 2.60 bits per heavy atom. The predicted octanol–water partition coefficient (Wildman–Crippen LogP) is 3.08. The van der Waals surface area contributed by atoms with Gasteiger partial charge in [-0.2, -0.15) is 5.10 Å². The molecule has 0 unspecified atom stereocenters. The number of hydrogen-bond donors (Lipinski definition) is 2. The van der Waals surface area contributed by atoms with Crippen LogP contribution in [0.1, 0.15) is 16.7 Å². The maximum Gasteiger partial charge on any atom is 0.260 e. The number of nitrogens with one attached hydrogen (secondary N) is 1. The minimum atomic E-state index is -3.68. The van der Waals surface area contributed by atoms with Gasteiger partial charge in [-0.1, -0.05) is 42.5 Å². The Hall–Kier alpha value is -3.39. The van der Waals surface area contributed by atoms with E-state index in [1.54, 1.807) is 25.1 Å². The number of aromatic hydroxyl groups is 1. The number of hydrogen-bond acceptors (Lipinski definition) is 5. The predicted molar refractivity (Wildman–Crippen MR) is 119 cm³/mol. The van der Waals surface area contributed by atoms with Crippen LogP contribution in [0.15, 0.2) is 59.7 Å². The Labute approximate surface area is 175 Å². The number of carbonyl (C=O) groups excluding carboxylic acids is 1. The quantitative estimate of drug-likeness (QED) is 0.468. The molecule has 0 aromatic heterocycles. The summed E-state index contributed by atoms with van der Waals surface area (Å²) in [4.78, 5) is 12.4. The first-order chi connectivity index (χ1) is 14.2. The summed E-state index contributed by atoms with van der Waals surface area (Å²) in [5.41, 5.74) is 4.87. The third-order valence-electron chi connectivity index (χ3n) is 4.65. The van der Waals surface area contributed by atoms with Crippen molar-refractivity contribution in [2.75, 3.05) is 17.1 Å². The van der Waals surface area contributed by atoms with Crippen molar-refractivity contribution in [1.82, 2.24) is 5.43 Å². The van der Waals surface area contributed by atoms with Crippen LogP contribution < -0.4 is 9.73 Å². The molecule has 3 rings (SSSR count). The number of benzene rings is 3. The van der Waals surface area contributed by atoms with Gasteiger partial charge in [-0.05, 0) is 47.9 Å². The molecule has 0 spiro atoms. The van der Waals surface area contributed by atoms with Crippen molar-refractivity contribution < 1.29 is 18.3 Å². The first-order valence-corrected chi connectivity index (χ1v) is 11.1. The molecule has 0 bridgehead atoms. The van der Waals surface area contributed by atoms with Gasteiger partial charge in [0.05, 0.1) is 18.2 Å². The largest absolute Gasteiger partial charge is 0.507 e. The van der Waals surface area contributed by atoms with Crippen LogP contribution in [0.5, 0.6) is 5.75 Å². The van der Waals surface area contributed by atoms with Gasteiger partial charge in [-0.3, -0.25) is 9.10 Å². The molecule has 3 aromatic carbocycles. The normalized spacial score (nSPS) is 11.7. The lowest BCUT2D eigenvalue weighted by molar-refractivity contribution is -0.119. The number of carbonyl (C=O) groups is 1. The lowest BCUT2D eigenvalue weighted by Crippen LogP contribution is -2.39. The van der Waals surface area contributed by atoms with Crippen LogP contribution in [0, 0.1) is 13.8 Å². The van der Waals surface area contributed by atoms with Crippen LogP contribution >= 0.6 is 0 Å². The smallest absolute Gasteiger partial charge is 0.260 e. The van der Waals surface area contributed by atoms with Crippen molar-refractivity contribution >= 4 is 38.6 Å². The number of fused-ring (bicyclic) bond motifs is 1. The van der Waals surface area contributed by atoms with E-state index in [-0.39, 0.29) is 5.75 Å². The zero-order chi connectivity index (χ0) is 21.9. The number of phenolic OH excluding ortho intramolecular Hbond substituents is 1. The van der Waals surface area contributed by atoms with Gasteiger partial charge >= 0.3 is 0 Å². The van der Waals surface area contributed by atoms with E-state index in [0.29, 0.717) is 11.3 Å². The van der Waals surface area contributed by atoms with Crippen molar-refractivity contribution in [3.63, 3.8) is 0 Å². The number of phenols is 1. The SMILES string of the molecule is Cc1ccc(C)c(N(CC(=O)N/N=C\c2c(O)ccc3ccccc23)S(C)(=O)=O)c1. The molecule has 0 saturated carbocycles. The Morgan fingerprint density at radius 1 is 1.13 bits per heavy atom. The highest BCUT2D eigenvalue weighted by Crippen LogP contribution is 2.26. The minimum Gasteiger partial charge on any atom is -0.507 e. The van der Waals surface area contributed by atoms with Gasteiger partial charge in [0, 0.05) is 5.56 Å². The molecule has 0 aliphatic heterocycles. The molecule has 1 amide bonds. The van der Waals surface area contributed by atoms with Gasteiger partial charge < -0.3 is 5.11 Å². The highest BCUT2D eigenvalue weighted by molar-refractivity contribution is 7.92. The van der Waals surface area contributed by atoms with Crippen molar-refractivity contribution in [3.8, 4) is 5.75 Å². The number of rotatable bonds is 6. The average molecular weight is 426 g/mol. The van der Waals surface area contributed by atoms with E-state index in [0.717, 1.165) is 32.5 Å². The van der Waals surface area contributed by atoms with E-state index >= 15 is 0 Å². The molecule has 0 radical (unpaired) electrons. The summed E-state index contributed by atoms with van der Waals surface area (Å²) >= 11 is 0. The second-order valence-electron chi connectivity index (χ2n) is 7.07. The molecule has 8 heteroatoms. The van der Waals surface area contributed by atoms with Crippen molar-refractivity contribution in [2.45, 2.75) is 13.8 Å². The van der Waals surface area contributed by atoms with Gasteiger partial charge in [0.25, 0.3) is 5.91 Å². The van der Waals surface area contributed by atoms with E-state index in [1.165, 1.54) is 6.21 Å². The third kappa shape index (κ3) is 4.77. The standard InChI is InChI=1S/C22H23N3O4S/c1-15-8-9-16(2)20(12-15)25(30(3,28)29)14-22(27)24-23-13-19-18-7-5-4-6-17(18)10-11-21(19)26/h4-13,26H,14H2,1-3H3,(H,24,27)/b23-13-. The molecule has 0 atom stereocenters. The Bertz CT molecular complexity index is 1240. The second kappa shape index (κ2) is 8.54. The summed E-state index contributed by atoms with van der Waals surface area (Å²) in [7, 11) is -3.68. The number of hydrazone groups is 1. The van der Waals surface area contributed by atoms with Crippen LogP contribution in [-0.4, -0.2) is 38.4 Å². The number of anilines is 1. The number of nitrogens with zero attached hydrogens (tertiary/aromatic N) is 2. The first-order valence-electron chi connectivity index (χ1n) is 9.24. The molecule has 7 nitrogen and oxygen atoms in total. The van der Waals surface area contributed by atoms with E-state index in [9.17, 15) is 18.3 Å². The second-order valence-corrected chi connectivity index (χ2v) is 8.98. The molecule has 156 valence electrons. The van der Waals surface area contributed by atoms with E-state index in [4.69, 9.17) is 0 Å². The van der Waals surface area contributed by atoms with Crippen LogP contribution in [-0.2, 0) is 14.8 Å². The maximum atomic E-state index is 12.4. The molecule has 0 fully saturated rings. The molecular formula is C22H23N3O4S. The number of sulfonamides is 1. The van der Waals surface area contributed by atoms with E-state index in [2.05, 4.69) is 10.5 Å². The zero-order valence-electron chi connectivity index (χ0n) is 17.0. The fourth-order valence-corrected chi connectivity index (χ4v) is 4.03. The minimum absolute atomic E-state index is 0.0276. The number of amides is 1. The van der Waals surface area contributed by atoms with E-state index in [1.807, 2.05) is 43.3 Å². The lowest BCUT2D eigenvalue weighted by atomic mass is 10.0. The van der Waals surface area contributed by atoms with Crippen LogP contribution in [0.2, 0.25) is 0 Å². The third-order valence-corrected chi connectivity index (χ3v) is 5.78. The molecule has 0 aliphatic rings. The molecule has 0 heterocycles. The van der Waals surface area contributed by atoms with Gasteiger partial charge in [-0.25, -0.2) is 13.8 Å². The highest BCUT2D eigenvalue weighted by atomic mass is 32.2. The fourth-order valence-electron chi connectivity index (χ4n) is 3.12. The Kier molecular flexibility index (Phi) is 6.07. The summed E-state index contributed by atoms with van der Waals surface area (Å²) in [5, 5.41) is 15.8. The lowest BCUT2D eigenvalue weighted by Gasteiger charge is -2.23. The maximum absolute atomic E-state index is 12.4. The van der Waals surface area contributed by atoms with Crippen LogP contribution in [0.4, 0.5) is 5.69 Å². The topological polar surface area (TPSA) is 99.1 Å².